The molecule has 0 saturated carbocycles. The van der Waals surface area contributed by atoms with Gasteiger partial charge in [-0.15, -0.1) is 0 Å². The summed E-state index contributed by atoms with van der Waals surface area (Å²) < 4.78 is 29.8. The van der Waals surface area contributed by atoms with E-state index in [0.29, 0.717) is 17.8 Å². The van der Waals surface area contributed by atoms with Crippen molar-refractivity contribution < 1.29 is 8.42 Å². The van der Waals surface area contributed by atoms with Crippen molar-refractivity contribution >= 4 is 26.5 Å². The van der Waals surface area contributed by atoms with E-state index >= 15 is 0 Å². The SMILES string of the molecule is CCCCCCCCn1c(=N)c(S(=O)(=O)c2ccccc2)cc2c(=O)n3ccccc3nc21. The van der Waals surface area contributed by atoms with Crippen LogP contribution in [0, 0.1) is 5.41 Å². The van der Waals surface area contributed by atoms with Gasteiger partial charge in [0.05, 0.1) is 10.3 Å². The molecule has 1 aromatic carbocycles. The molecule has 0 aliphatic carbocycles. The lowest BCUT2D eigenvalue weighted by Gasteiger charge is -2.15. The highest BCUT2D eigenvalue weighted by Gasteiger charge is 2.23. The molecule has 3 aromatic heterocycles. The lowest BCUT2D eigenvalue weighted by atomic mass is 10.1. The molecule has 0 saturated heterocycles. The zero-order chi connectivity index (χ0) is 23.4. The van der Waals surface area contributed by atoms with Crippen LogP contribution in [0.25, 0.3) is 16.7 Å². The summed E-state index contributed by atoms with van der Waals surface area (Å²) in [5.74, 6) is 0. The number of sulfone groups is 1. The van der Waals surface area contributed by atoms with E-state index in [4.69, 9.17) is 5.41 Å². The summed E-state index contributed by atoms with van der Waals surface area (Å²) in [6.45, 7) is 2.59. The molecule has 0 bridgehead atoms. The summed E-state index contributed by atoms with van der Waals surface area (Å²) in [4.78, 5) is 17.8. The molecule has 3 heterocycles. The first kappa shape index (κ1) is 22.9. The molecule has 7 nitrogen and oxygen atoms in total. The van der Waals surface area contributed by atoms with Crippen molar-refractivity contribution in [1.29, 1.82) is 5.41 Å². The Morgan fingerprint density at radius 1 is 0.939 bits per heavy atom. The summed E-state index contributed by atoms with van der Waals surface area (Å²) in [5, 5.41) is 8.98. The van der Waals surface area contributed by atoms with E-state index in [0.717, 1.165) is 32.1 Å². The number of aromatic nitrogens is 3. The van der Waals surface area contributed by atoms with Crippen molar-refractivity contribution in [3.63, 3.8) is 0 Å². The summed E-state index contributed by atoms with van der Waals surface area (Å²) in [6, 6.07) is 14.6. The van der Waals surface area contributed by atoms with Crippen LogP contribution in [0.5, 0.6) is 0 Å². The maximum atomic E-state index is 13.4. The lowest BCUT2D eigenvalue weighted by Crippen LogP contribution is -2.30. The number of nitrogens with zero attached hydrogens (tertiary/aromatic N) is 3. The molecule has 0 radical (unpaired) electrons. The highest BCUT2D eigenvalue weighted by atomic mass is 32.2. The van der Waals surface area contributed by atoms with Crippen LogP contribution in [0.4, 0.5) is 0 Å². The van der Waals surface area contributed by atoms with Crippen LogP contribution in [-0.4, -0.2) is 22.4 Å². The first-order valence-corrected chi connectivity index (χ1v) is 12.8. The van der Waals surface area contributed by atoms with Crippen LogP contribution in [0.3, 0.4) is 0 Å². The Bertz CT molecular complexity index is 1510. The van der Waals surface area contributed by atoms with E-state index in [-0.39, 0.29) is 26.2 Å². The Morgan fingerprint density at radius 2 is 1.64 bits per heavy atom. The minimum atomic E-state index is -3.98. The van der Waals surface area contributed by atoms with E-state index in [2.05, 4.69) is 11.9 Å². The largest absolute Gasteiger partial charge is 0.310 e. The van der Waals surface area contributed by atoms with Crippen molar-refractivity contribution in [3.8, 4) is 0 Å². The Balaban J connectivity index is 1.90. The molecule has 0 unspecified atom stereocenters. The molecule has 33 heavy (non-hydrogen) atoms. The van der Waals surface area contributed by atoms with Gasteiger partial charge < -0.3 is 4.57 Å². The van der Waals surface area contributed by atoms with Gasteiger partial charge in [-0.05, 0) is 36.8 Å². The second kappa shape index (κ2) is 9.70. The van der Waals surface area contributed by atoms with Crippen molar-refractivity contribution in [2.24, 2.45) is 0 Å². The third kappa shape index (κ3) is 4.48. The second-order valence-electron chi connectivity index (χ2n) is 8.18. The van der Waals surface area contributed by atoms with Gasteiger partial charge in [0.2, 0.25) is 9.84 Å². The average Bonchev–Trinajstić information content (AvgIpc) is 2.83. The topological polar surface area (TPSA) is 97.3 Å². The Morgan fingerprint density at radius 3 is 2.39 bits per heavy atom. The number of pyridine rings is 2. The number of hydrogen-bond acceptors (Lipinski definition) is 5. The number of nitrogens with one attached hydrogen (secondary N) is 1. The van der Waals surface area contributed by atoms with Crippen LogP contribution in [-0.2, 0) is 16.4 Å². The van der Waals surface area contributed by atoms with Crippen molar-refractivity contribution in [2.75, 3.05) is 0 Å². The van der Waals surface area contributed by atoms with E-state index in [1.165, 1.54) is 29.0 Å². The van der Waals surface area contributed by atoms with E-state index < -0.39 is 9.84 Å². The number of hydrogen-bond donors (Lipinski definition) is 1. The third-order valence-electron chi connectivity index (χ3n) is 5.86. The maximum absolute atomic E-state index is 13.4. The Hall–Kier alpha value is -3.26. The number of rotatable bonds is 9. The minimum Gasteiger partial charge on any atom is -0.310 e. The molecule has 0 atom stereocenters. The molecular formula is C25H28N4O3S. The fourth-order valence-electron chi connectivity index (χ4n) is 4.06. The first-order chi connectivity index (χ1) is 15.9. The Labute approximate surface area is 192 Å². The van der Waals surface area contributed by atoms with Crippen molar-refractivity contribution in [1.82, 2.24) is 14.0 Å². The normalized spacial score (nSPS) is 11.9. The van der Waals surface area contributed by atoms with Crippen LogP contribution < -0.4 is 11.0 Å². The van der Waals surface area contributed by atoms with Crippen molar-refractivity contribution in [3.05, 3.63) is 76.6 Å². The van der Waals surface area contributed by atoms with Gasteiger partial charge in [0, 0.05) is 12.7 Å². The van der Waals surface area contributed by atoms with Crippen LogP contribution in [0.2, 0.25) is 0 Å². The summed E-state index contributed by atoms with van der Waals surface area (Å²) in [7, 11) is -3.98. The summed E-state index contributed by atoms with van der Waals surface area (Å²) in [5.41, 5.74) is 0.311. The van der Waals surface area contributed by atoms with Gasteiger partial charge in [-0.25, -0.2) is 13.4 Å². The number of fused-ring (bicyclic) bond motifs is 2. The molecule has 172 valence electrons. The molecule has 0 spiro atoms. The third-order valence-corrected chi connectivity index (χ3v) is 7.64. The van der Waals surface area contributed by atoms with Gasteiger partial charge in [0.15, 0.2) is 0 Å². The molecule has 1 N–H and O–H groups in total. The fraction of sp³-hybridized carbons (Fsp3) is 0.320. The van der Waals surface area contributed by atoms with Gasteiger partial charge >= 0.3 is 0 Å². The molecule has 0 aliphatic heterocycles. The maximum Gasteiger partial charge on any atom is 0.267 e. The predicted molar refractivity (Wildman–Crippen MR) is 128 cm³/mol. The summed E-state index contributed by atoms with van der Waals surface area (Å²) >= 11 is 0. The van der Waals surface area contributed by atoms with E-state index in [1.54, 1.807) is 47.2 Å². The van der Waals surface area contributed by atoms with E-state index in [9.17, 15) is 13.2 Å². The molecule has 0 aliphatic rings. The predicted octanol–water partition coefficient (Wildman–Crippen LogP) is 4.32. The van der Waals surface area contributed by atoms with Gasteiger partial charge in [0.1, 0.15) is 21.7 Å². The van der Waals surface area contributed by atoms with Gasteiger partial charge in [-0.2, -0.15) is 0 Å². The zero-order valence-corrected chi connectivity index (χ0v) is 19.5. The monoisotopic (exact) mass is 464 g/mol. The highest BCUT2D eigenvalue weighted by molar-refractivity contribution is 7.91. The van der Waals surface area contributed by atoms with Crippen LogP contribution >= 0.6 is 0 Å². The van der Waals surface area contributed by atoms with Crippen molar-refractivity contribution in [2.45, 2.75) is 61.8 Å². The first-order valence-electron chi connectivity index (χ1n) is 11.3. The molecular weight excluding hydrogens is 436 g/mol. The number of unbranched alkanes of at least 4 members (excludes halogenated alkanes) is 5. The molecule has 8 heteroatoms. The van der Waals surface area contributed by atoms with Crippen LogP contribution in [0.15, 0.2) is 75.4 Å². The van der Waals surface area contributed by atoms with Gasteiger partial charge in [-0.3, -0.25) is 14.6 Å². The molecule has 4 rings (SSSR count). The zero-order valence-electron chi connectivity index (χ0n) is 18.7. The minimum absolute atomic E-state index is 0.0952. The quantitative estimate of drug-likeness (QED) is 0.295. The lowest BCUT2D eigenvalue weighted by molar-refractivity contribution is 0.544. The highest BCUT2D eigenvalue weighted by Crippen LogP contribution is 2.21. The standard InChI is InChI=1S/C25H28N4O3S/c1-2-3-4-5-6-11-17-29-23(26)21(33(31,32)19-13-8-7-9-14-19)18-20-24(29)27-22-15-10-12-16-28(22)25(20)30/h7-10,12-16,18,26H,2-6,11,17H2,1H3. The summed E-state index contributed by atoms with van der Waals surface area (Å²) in [6.07, 6.45) is 7.95. The average molecular weight is 465 g/mol. The fourth-order valence-corrected chi connectivity index (χ4v) is 5.47. The number of benzene rings is 1. The smallest absolute Gasteiger partial charge is 0.267 e. The number of aryl methyl sites for hydroxylation is 1. The second-order valence-corrected chi connectivity index (χ2v) is 10.1. The molecule has 0 amide bonds. The van der Waals surface area contributed by atoms with Gasteiger partial charge in [-0.1, -0.05) is 63.3 Å². The van der Waals surface area contributed by atoms with Gasteiger partial charge in [0.25, 0.3) is 5.56 Å². The molecule has 4 aromatic rings. The van der Waals surface area contributed by atoms with Crippen LogP contribution in [0.1, 0.15) is 45.4 Å². The Kier molecular flexibility index (Phi) is 6.74. The van der Waals surface area contributed by atoms with E-state index in [1.807, 2.05) is 0 Å². The molecule has 0 fully saturated rings.